The summed E-state index contributed by atoms with van der Waals surface area (Å²) in [6, 6.07) is 0. The number of hydrogen-bond acceptors (Lipinski definition) is 8. The second-order valence-corrected chi connectivity index (χ2v) is 2.68. The van der Waals surface area contributed by atoms with Gasteiger partial charge in [0.25, 0.3) is 0 Å². The van der Waals surface area contributed by atoms with Crippen molar-refractivity contribution >= 4 is 15.6 Å². The van der Waals surface area contributed by atoms with E-state index in [-0.39, 0.29) is 78.6 Å². The standard InChI is InChI=1S/Ho.Nd.2H3O4P/c;;2*1-5(2,3)4/h;;2*(H3,1,2,3,4)/q2*+3;;/p-6. The fourth-order valence-electron chi connectivity index (χ4n) is 0. The van der Waals surface area contributed by atoms with Gasteiger partial charge in [-0.05, 0) is 0 Å². The molecule has 0 aromatic heterocycles. The number of phosphoric acid groups is 2. The topological polar surface area (TPSA) is 172 Å². The van der Waals surface area contributed by atoms with Gasteiger partial charge in [-0.25, -0.2) is 0 Å². The van der Waals surface area contributed by atoms with Crippen LogP contribution in [0.15, 0.2) is 0 Å². The van der Waals surface area contributed by atoms with Crippen molar-refractivity contribution in [3.8, 4) is 0 Å². The maximum absolute atomic E-state index is 8.55. The van der Waals surface area contributed by atoms with Crippen molar-refractivity contribution in [2.24, 2.45) is 0 Å². The fourth-order valence-corrected chi connectivity index (χ4v) is 0. The molecule has 8 nitrogen and oxygen atoms in total. The van der Waals surface area contributed by atoms with Gasteiger partial charge in [-0.3, -0.25) is 0 Å². The molecule has 1 radical (unpaired) electrons. The zero-order valence-corrected chi connectivity index (χ0v) is 11.9. The molecule has 0 aliphatic heterocycles. The van der Waals surface area contributed by atoms with E-state index in [2.05, 4.69) is 0 Å². The summed E-state index contributed by atoms with van der Waals surface area (Å²) in [4.78, 5) is 51.3. The van der Waals surface area contributed by atoms with Crippen LogP contribution in [0.4, 0.5) is 0 Å². The zero-order valence-electron chi connectivity index (χ0n) is 4.96. The third-order valence-corrected chi connectivity index (χ3v) is 0. The molecule has 0 amide bonds. The molecule has 0 heterocycles. The van der Waals surface area contributed by atoms with E-state index in [0.717, 1.165) is 0 Å². The molecule has 0 fully saturated rings. The van der Waals surface area contributed by atoms with Crippen molar-refractivity contribution in [3.63, 3.8) is 0 Å². The summed E-state index contributed by atoms with van der Waals surface area (Å²) in [6.45, 7) is 0. The van der Waals surface area contributed by atoms with Gasteiger partial charge in [0.1, 0.15) is 0 Å². The van der Waals surface area contributed by atoms with Gasteiger partial charge in [0.15, 0.2) is 0 Å². The van der Waals surface area contributed by atoms with E-state index < -0.39 is 15.6 Å². The van der Waals surface area contributed by atoms with Crippen molar-refractivity contribution in [1.29, 1.82) is 0 Å². The Morgan fingerprint density at radius 1 is 0.667 bits per heavy atom. The van der Waals surface area contributed by atoms with Gasteiger partial charge < -0.3 is 38.5 Å². The minimum Gasteiger partial charge on any atom is -0.822 e. The largest absolute Gasteiger partial charge is 3.00 e. The minimum absolute atomic E-state index is 0. The SMILES string of the molecule is O=P([O-])([O-])[O-].O=P([O-])([O-])[O-].[Ho+3].[Nd+3]. The van der Waals surface area contributed by atoms with Crippen LogP contribution in [0, 0.1) is 78.6 Å². The first-order valence-corrected chi connectivity index (χ1v) is 4.38. The van der Waals surface area contributed by atoms with Crippen LogP contribution in [0.3, 0.4) is 0 Å². The summed E-state index contributed by atoms with van der Waals surface area (Å²) in [5.74, 6) is 0. The number of hydrogen-bond donors (Lipinski definition) is 0. The number of rotatable bonds is 0. The Labute approximate surface area is 130 Å². The quantitative estimate of drug-likeness (QED) is 0.234. The molecule has 0 spiro atoms. The Morgan fingerprint density at radius 3 is 0.667 bits per heavy atom. The molecule has 0 aliphatic carbocycles. The third kappa shape index (κ3) is 224. The van der Waals surface area contributed by atoms with Gasteiger partial charge in [0, 0.05) is 0 Å². The van der Waals surface area contributed by atoms with Crippen LogP contribution in [-0.2, 0) is 9.13 Å². The molecule has 0 bridgehead atoms. The Morgan fingerprint density at radius 2 is 0.667 bits per heavy atom. The summed E-state index contributed by atoms with van der Waals surface area (Å²) in [6.07, 6.45) is 0. The Balaban J connectivity index is -0.0000000457. The van der Waals surface area contributed by atoms with Gasteiger partial charge >= 0.3 is 78.6 Å². The van der Waals surface area contributed by atoms with Crippen LogP contribution >= 0.6 is 15.6 Å². The predicted molar refractivity (Wildman–Crippen MR) is 15.2 cm³/mol. The van der Waals surface area contributed by atoms with E-state index in [4.69, 9.17) is 38.5 Å². The van der Waals surface area contributed by atoms with Crippen LogP contribution in [-0.4, -0.2) is 0 Å². The van der Waals surface area contributed by atoms with E-state index in [1.807, 2.05) is 0 Å². The van der Waals surface area contributed by atoms with Gasteiger partial charge in [-0.15, -0.1) is 0 Å². The van der Waals surface area contributed by atoms with Crippen LogP contribution in [0.2, 0.25) is 0 Å². The van der Waals surface area contributed by atoms with Gasteiger partial charge in [-0.2, -0.15) is 15.6 Å². The molecule has 12 heavy (non-hydrogen) atoms. The molecule has 0 unspecified atom stereocenters. The van der Waals surface area contributed by atoms with Crippen LogP contribution in [0.25, 0.3) is 0 Å². The predicted octanol–water partition coefficient (Wildman–Crippen LogP) is -5.65. The van der Waals surface area contributed by atoms with Crippen molar-refractivity contribution in [3.05, 3.63) is 0 Å². The zero-order chi connectivity index (χ0) is 9.00. The summed E-state index contributed by atoms with van der Waals surface area (Å²) < 4.78 is 17.1. The second kappa shape index (κ2) is 10.4. The Bertz CT molecular complexity index is 129. The van der Waals surface area contributed by atoms with E-state index in [1.54, 1.807) is 0 Å². The molecule has 12 heteroatoms. The maximum atomic E-state index is 8.55. The fraction of sp³-hybridized carbons (Fsp3) is 0. The Kier molecular flexibility index (Phi) is 20.9. The minimum atomic E-state index is -5.39. The molecule has 0 saturated carbocycles. The van der Waals surface area contributed by atoms with Crippen LogP contribution in [0.5, 0.6) is 0 Å². The van der Waals surface area contributed by atoms with E-state index >= 15 is 0 Å². The summed E-state index contributed by atoms with van der Waals surface area (Å²) in [5, 5.41) is 0. The smallest absolute Gasteiger partial charge is 0.822 e. The van der Waals surface area contributed by atoms with Crippen molar-refractivity contribution < 1.29 is 117 Å². The maximum Gasteiger partial charge on any atom is 3.00 e. The molecule has 0 atom stereocenters. The van der Waals surface area contributed by atoms with Gasteiger partial charge in [-0.1, -0.05) is 0 Å². The monoisotopic (exact) mass is 497 g/mol. The first-order chi connectivity index (χ1) is 4.00. The van der Waals surface area contributed by atoms with E-state index in [9.17, 15) is 0 Å². The van der Waals surface area contributed by atoms with Gasteiger partial charge in [0.05, 0.1) is 0 Å². The third-order valence-electron chi connectivity index (χ3n) is 0. The molecule has 0 rings (SSSR count). The average Bonchev–Trinajstić information content (AvgIpc) is 1.12. The van der Waals surface area contributed by atoms with Crippen molar-refractivity contribution in [2.75, 3.05) is 0 Å². The van der Waals surface area contributed by atoms with E-state index in [1.165, 1.54) is 0 Å². The van der Waals surface area contributed by atoms with Crippen LogP contribution in [0.1, 0.15) is 0 Å². The van der Waals surface area contributed by atoms with Gasteiger partial charge in [0.2, 0.25) is 0 Å². The molecule has 0 aromatic carbocycles. The van der Waals surface area contributed by atoms with Crippen LogP contribution < -0.4 is 29.4 Å². The van der Waals surface area contributed by atoms with Crippen molar-refractivity contribution in [1.82, 2.24) is 0 Å². The second-order valence-electron chi connectivity index (χ2n) is 0.894. The average molecular weight is 499 g/mol. The normalized spacial score (nSPS) is 9.83. The molecule has 0 saturated heterocycles. The summed E-state index contributed by atoms with van der Waals surface area (Å²) >= 11 is 0. The molecule has 73 valence electrons. The first-order valence-electron chi connectivity index (χ1n) is 1.46. The molecular weight excluding hydrogens is 499 g/mol. The molecule has 0 aromatic rings. The first kappa shape index (κ1) is 24.2. The molecule has 0 N–H and O–H groups in total. The summed E-state index contributed by atoms with van der Waals surface area (Å²) in [7, 11) is -10.8. The van der Waals surface area contributed by atoms with E-state index in [0.29, 0.717) is 0 Å². The molecular formula is HoNdO8P2. The Hall–Kier alpha value is 2.83. The molecule has 0 aliphatic rings. The van der Waals surface area contributed by atoms with Crippen molar-refractivity contribution in [2.45, 2.75) is 0 Å². The summed E-state index contributed by atoms with van der Waals surface area (Å²) in [5.41, 5.74) is 0.